The number of benzene rings is 1. The lowest BCUT2D eigenvalue weighted by molar-refractivity contribution is -0.147. The lowest BCUT2D eigenvalue weighted by Crippen LogP contribution is -2.44. The second-order valence-corrected chi connectivity index (χ2v) is 5.88. The van der Waals surface area contributed by atoms with Crippen molar-refractivity contribution < 1.29 is 36.7 Å². The second kappa shape index (κ2) is 8.11. The zero-order valence-electron chi connectivity index (χ0n) is 14.5. The Morgan fingerprint density at radius 2 is 1.81 bits per heavy atom. The van der Waals surface area contributed by atoms with Gasteiger partial charge in [0, 0.05) is 10.9 Å². The minimum absolute atomic E-state index is 0.164. The molecular weight excluding hydrogens is 369 g/mol. The summed E-state index contributed by atoms with van der Waals surface area (Å²) in [6, 6.07) is 2.38. The van der Waals surface area contributed by atoms with Crippen LogP contribution in [0.5, 0.6) is 0 Å². The van der Waals surface area contributed by atoms with E-state index in [0.717, 1.165) is 16.5 Å². The largest absolute Gasteiger partial charge is 0.464 e. The highest BCUT2D eigenvalue weighted by atomic mass is 19.4. The molecule has 0 saturated heterocycles. The Balaban J connectivity index is 1.83. The molecular formula is C17H17F3N2O5. The van der Waals surface area contributed by atoms with Gasteiger partial charge >= 0.3 is 18.2 Å². The molecule has 146 valence electrons. The Morgan fingerprint density at radius 3 is 2.48 bits per heavy atom. The molecule has 0 aliphatic heterocycles. The minimum Gasteiger partial charge on any atom is -0.464 e. The number of carbonyl (C=O) groups excluding carboxylic acids is 3. The molecule has 1 aromatic carbocycles. The molecule has 2 aromatic rings. The van der Waals surface area contributed by atoms with Gasteiger partial charge < -0.3 is 14.5 Å². The van der Waals surface area contributed by atoms with Crippen molar-refractivity contribution in [2.24, 2.45) is 0 Å². The lowest BCUT2D eigenvalue weighted by atomic mass is 10.0. The van der Waals surface area contributed by atoms with Crippen LogP contribution in [0.3, 0.4) is 0 Å². The van der Waals surface area contributed by atoms with Crippen molar-refractivity contribution in [3.05, 3.63) is 35.1 Å². The molecule has 0 radical (unpaired) electrons. The number of hydrogen-bond acceptors (Lipinski definition) is 5. The Labute approximate surface area is 151 Å². The number of amides is 3. The minimum atomic E-state index is -4.60. The number of rotatable bonds is 5. The predicted octanol–water partition coefficient (Wildman–Crippen LogP) is 2.52. The normalized spacial score (nSPS) is 11.3. The fourth-order valence-electron chi connectivity index (χ4n) is 2.21. The number of urea groups is 1. The summed E-state index contributed by atoms with van der Waals surface area (Å²) in [6.45, 7) is 1.46. The number of aryl methyl sites for hydroxylation is 2. The summed E-state index contributed by atoms with van der Waals surface area (Å²) in [6.07, 6.45) is -3.35. The van der Waals surface area contributed by atoms with Gasteiger partial charge in [0.15, 0.2) is 6.61 Å². The lowest BCUT2D eigenvalue weighted by Gasteiger charge is -2.09. The molecule has 0 bridgehead atoms. The molecule has 0 aliphatic rings. The third-order valence-corrected chi connectivity index (χ3v) is 3.67. The van der Waals surface area contributed by atoms with E-state index in [0.29, 0.717) is 11.1 Å². The monoisotopic (exact) mass is 386 g/mol. The Kier molecular flexibility index (Phi) is 6.09. The van der Waals surface area contributed by atoms with Crippen LogP contribution >= 0.6 is 0 Å². The molecule has 1 heterocycles. The fraction of sp³-hybridized carbons (Fsp3) is 0.353. The van der Waals surface area contributed by atoms with Crippen molar-refractivity contribution in [1.29, 1.82) is 0 Å². The van der Waals surface area contributed by atoms with E-state index in [1.54, 1.807) is 5.32 Å². The van der Waals surface area contributed by atoms with Gasteiger partial charge in [-0.05, 0) is 37.1 Å². The summed E-state index contributed by atoms with van der Waals surface area (Å²) >= 11 is 0. The van der Waals surface area contributed by atoms with Crippen LogP contribution in [0.25, 0.3) is 11.0 Å². The maximum Gasteiger partial charge on any atom is 0.405 e. The van der Waals surface area contributed by atoms with Crippen molar-refractivity contribution in [3.8, 4) is 0 Å². The third kappa shape index (κ3) is 6.01. The van der Waals surface area contributed by atoms with E-state index in [1.807, 2.05) is 26.0 Å². The fourth-order valence-corrected chi connectivity index (χ4v) is 2.21. The molecule has 3 amide bonds. The van der Waals surface area contributed by atoms with Crippen LogP contribution in [0.2, 0.25) is 0 Å². The van der Waals surface area contributed by atoms with Crippen molar-refractivity contribution in [3.63, 3.8) is 0 Å². The number of ether oxygens (including phenoxy) is 1. The molecule has 1 aromatic heterocycles. The molecule has 0 spiro atoms. The van der Waals surface area contributed by atoms with Crippen LogP contribution in [0.15, 0.2) is 22.8 Å². The zero-order chi connectivity index (χ0) is 20.2. The van der Waals surface area contributed by atoms with Gasteiger partial charge in [0.25, 0.3) is 5.91 Å². The first kappa shape index (κ1) is 20.3. The summed E-state index contributed by atoms with van der Waals surface area (Å²) < 4.78 is 45.9. The average molecular weight is 386 g/mol. The average Bonchev–Trinajstić information content (AvgIpc) is 2.93. The number of imide groups is 1. The number of nitrogens with one attached hydrogen (secondary N) is 2. The maximum atomic E-state index is 11.9. The van der Waals surface area contributed by atoms with Crippen LogP contribution in [0.4, 0.5) is 18.0 Å². The summed E-state index contributed by atoms with van der Waals surface area (Å²) in [7, 11) is 0. The molecule has 0 saturated carbocycles. The number of halogens is 3. The quantitative estimate of drug-likeness (QED) is 0.770. The van der Waals surface area contributed by atoms with E-state index in [2.05, 4.69) is 0 Å². The van der Waals surface area contributed by atoms with Gasteiger partial charge in [-0.15, -0.1) is 0 Å². The summed E-state index contributed by atoms with van der Waals surface area (Å²) in [4.78, 5) is 34.4. The Bertz CT molecular complexity index is 873. The number of alkyl halides is 3. The van der Waals surface area contributed by atoms with Gasteiger partial charge in [-0.1, -0.05) is 0 Å². The van der Waals surface area contributed by atoms with E-state index in [4.69, 9.17) is 9.15 Å². The van der Waals surface area contributed by atoms with Crippen molar-refractivity contribution in [1.82, 2.24) is 10.6 Å². The molecule has 2 N–H and O–H groups in total. The van der Waals surface area contributed by atoms with Crippen LogP contribution in [0, 0.1) is 13.8 Å². The first-order valence-corrected chi connectivity index (χ1v) is 7.82. The Hall–Kier alpha value is -3.04. The van der Waals surface area contributed by atoms with Crippen molar-refractivity contribution in [2.75, 3.05) is 13.2 Å². The SMILES string of the molecule is Cc1cc2occ(CC(=O)OCC(=O)NC(=O)NCC(F)(F)F)c2cc1C. The van der Waals surface area contributed by atoms with Gasteiger partial charge in [0.05, 0.1) is 12.7 Å². The molecule has 0 atom stereocenters. The second-order valence-electron chi connectivity index (χ2n) is 5.88. The van der Waals surface area contributed by atoms with Crippen LogP contribution in [-0.4, -0.2) is 37.2 Å². The molecule has 27 heavy (non-hydrogen) atoms. The smallest absolute Gasteiger partial charge is 0.405 e. The van der Waals surface area contributed by atoms with Gasteiger partial charge in [0.1, 0.15) is 12.1 Å². The molecule has 0 unspecified atom stereocenters. The number of carbonyl (C=O) groups is 3. The van der Waals surface area contributed by atoms with Crippen LogP contribution in [0.1, 0.15) is 16.7 Å². The highest BCUT2D eigenvalue weighted by Gasteiger charge is 2.28. The Morgan fingerprint density at radius 1 is 1.15 bits per heavy atom. The molecule has 0 aliphatic carbocycles. The number of esters is 1. The van der Waals surface area contributed by atoms with E-state index in [1.165, 1.54) is 11.6 Å². The number of furan rings is 1. The molecule has 0 fully saturated rings. The molecule has 2 rings (SSSR count). The topological polar surface area (TPSA) is 97.6 Å². The maximum absolute atomic E-state index is 11.9. The van der Waals surface area contributed by atoms with E-state index < -0.39 is 37.2 Å². The highest BCUT2D eigenvalue weighted by molar-refractivity contribution is 5.95. The van der Waals surface area contributed by atoms with Gasteiger partial charge in [-0.25, -0.2) is 4.79 Å². The van der Waals surface area contributed by atoms with Crippen LogP contribution in [-0.2, 0) is 20.7 Å². The van der Waals surface area contributed by atoms with E-state index >= 15 is 0 Å². The summed E-state index contributed by atoms with van der Waals surface area (Å²) in [5.74, 6) is -1.80. The van der Waals surface area contributed by atoms with Crippen molar-refractivity contribution in [2.45, 2.75) is 26.4 Å². The van der Waals surface area contributed by atoms with Crippen molar-refractivity contribution >= 4 is 28.9 Å². The summed E-state index contributed by atoms with van der Waals surface area (Å²) in [5, 5.41) is 3.83. The standard InChI is InChI=1S/C17H17F3N2O5/c1-9-3-12-11(6-26-13(12)4-10(9)2)5-15(24)27-7-14(23)22-16(25)21-8-17(18,19)20/h3-4,6H,5,7-8H2,1-2H3,(H2,21,22,23,25). The molecule has 7 nitrogen and oxygen atoms in total. The van der Waals surface area contributed by atoms with Crippen LogP contribution < -0.4 is 10.6 Å². The molecule has 10 heteroatoms. The summed E-state index contributed by atoms with van der Waals surface area (Å²) in [5.41, 5.74) is 3.23. The first-order chi connectivity index (χ1) is 12.5. The zero-order valence-corrected chi connectivity index (χ0v) is 14.5. The number of fused-ring (bicyclic) bond motifs is 1. The third-order valence-electron chi connectivity index (χ3n) is 3.67. The first-order valence-electron chi connectivity index (χ1n) is 7.82. The van der Waals surface area contributed by atoms with Gasteiger partial charge in [-0.2, -0.15) is 13.2 Å². The predicted molar refractivity (Wildman–Crippen MR) is 87.9 cm³/mol. The highest BCUT2D eigenvalue weighted by Crippen LogP contribution is 2.25. The number of hydrogen-bond donors (Lipinski definition) is 2. The van der Waals surface area contributed by atoms with Gasteiger partial charge in [-0.3, -0.25) is 14.9 Å². The van der Waals surface area contributed by atoms with E-state index in [-0.39, 0.29) is 6.42 Å². The van der Waals surface area contributed by atoms with Gasteiger partial charge in [0.2, 0.25) is 0 Å². The van der Waals surface area contributed by atoms with E-state index in [9.17, 15) is 27.6 Å².